The summed E-state index contributed by atoms with van der Waals surface area (Å²) in [6, 6.07) is 16.3. The molecule has 3 nitrogen and oxygen atoms in total. The molecule has 0 fully saturated rings. The number of methoxy groups -OCH3 is 1. The summed E-state index contributed by atoms with van der Waals surface area (Å²) in [6.45, 7) is 1.99. The number of ether oxygens (including phenoxy) is 1. The van der Waals surface area contributed by atoms with E-state index >= 15 is 0 Å². The van der Waals surface area contributed by atoms with E-state index in [0.717, 1.165) is 22.7 Å². The summed E-state index contributed by atoms with van der Waals surface area (Å²) in [6.07, 6.45) is 0. The van der Waals surface area contributed by atoms with Crippen molar-refractivity contribution in [1.82, 2.24) is 0 Å². The summed E-state index contributed by atoms with van der Waals surface area (Å²) in [4.78, 5) is 2.10. The summed E-state index contributed by atoms with van der Waals surface area (Å²) >= 11 is 0. The second kappa shape index (κ2) is 5.76. The van der Waals surface area contributed by atoms with Gasteiger partial charge in [-0.3, -0.25) is 0 Å². The zero-order valence-corrected chi connectivity index (χ0v) is 11.6. The predicted octanol–water partition coefficient (Wildman–Crippen LogP) is 3.48. The van der Waals surface area contributed by atoms with Gasteiger partial charge in [0.05, 0.1) is 12.8 Å². The number of hydrogen-bond acceptors (Lipinski definition) is 3. The highest BCUT2D eigenvalue weighted by Gasteiger charge is 2.09. The lowest BCUT2D eigenvalue weighted by atomic mass is 10.1. The number of nitrogens with zero attached hydrogens (tertiary/aromatic N) is 1. The van der Waals surface area contributed by atoms with E-state index in [9.17, 15) is 0 Å². The highest BCUT2D eigenvalue weighted by Crippen LogP contribution is 2.32. The van der Waals surface area contributed by atoms with Crippen LogP contribution in [0.25, 0.3) is 0 Å². The standard InChI is InChI=1S/C16H20N2O/c1-12(17)13-8-10-14(11-9-13)18(2)15-6-4-5-7-16(15)19-3/h4-12H,17H2,1-3H3/t12-/m0/s1. The molecule has 2 aromatic rings. The molecule has 0 aliphatic rings. The Morgan fingerprint density at radius 1 is 1.05 bits per heavy atom. The Morgan fingerprint density at radius 3 is 2.26 bits per heavy atom. The van der Waals surface area contributed by atoms with Gasteiger partial charge >= 0.3 is 0 Å². The van der Waals surface area contributed by atoms with E-state index in [1.54, 1.807) is 7.11 Å². The van der Waals surface area contributed by atoms with Crippen molar-refractivity contribution in [3.8, 4) is 5.75 Å². The molecule has 0 amide bonds. The van der Waals surface area contributed by atoms with Crippen LogP contribution < -0.4 is 15.4 Å². The second-order valence-corrected chi connectivity index (χ2v) is 4.61. The first-order valence-corrected chi connectivity index (χ1v) is 6.35. The first-order chi connectivity index (χ1) is 9.13. The molecular formula is C16H20N2O. The number of hydrogen-bond donors (Lipinski definition) is 1. The molecule has 0 unspecified atom stereocenters. The molecule has 2 rings (SSSR count). The van der Waals surface area contributed by atoms with Gasteiger partial charge in [-0.2, -0.15) is 0 Å². The van der Waals surface area contributed by atoms with Crippen molar-refractivity contribution < 1.29 is 4.74 Å². The summed E-state index contributed by atoms with van der Waals surface area (Å²) < 4.78 is 5.39. The third-order valence-electron chi connectivity index (χ3n) is 3.25. The SMILES string of the molecule is COc1ccccc1N(C)c1ccc([C@H](C)N)cc1. The second-order valence-electron chi connectivity index (χ2n) is 4.61. The lowest BCUT2D eigenvalue weighted by Gasteiger charge is -2.22. The van der Waals surface area contributed by atoms with Crippen molar-refractivity contribution in [2.45, 2.75) is 13.0 Å². The molecule has 0 radical (unpaired) electrons. The number of rotatable bonds is 4. The zero-order chi connectivity index (χ0) is 13.8. The quantitative estimate of drug-likeness (QED) is 0.910. The molecule has 0 spiro atoms. The number of para-hydroxylation sites is 2. The smallest absolute Gasteiger partial charge is 0.142 e. The van der Waals surface area contributed by atoms with E-state index in [-0.39, 0.29) is 6.04 Å². The molecule has 19 heavy (non-hydrogen) atoms. The van der Waals surface area contributed by atoms with Gasteiger partial charge in [0.15, 0.2) is 0 Å². The molecule has 3 heteroatoms. The van der Waals surface area contributed by atoms with Gasteiger partial charge in [0.1, 0.15) is 5.75 Å². The van der Waals surface area contributed by atoms with Crippen LogP contribution in [-0.4, -0.2) is 14.2 Å². The Morgan fingerprint density at radius 2 is 1.68 bits per heavy atom. The van der Waals surface area contributed by atoms with Gasteiger partial charge < -0.3 is 15.4 Å². The first-order valence-electron chi connectivity index (χ1n) is 6.35. The Kier molecular flexibility index (Phi) is 4.07. The van der Waals surface area contributed by atoms with Crippen LogP contribution >= 0.6 is 0 Å². The van der Waals surface area contributed by atoms with Crippen LogP contribution in [-0.2, 0) is 0 Å². The fraction of sp³-hybridized carbons (Fsp3) is 0.250. The molecule has 0 aliphatic carbocycles. The van der Waals surface area contributed by atoms with Gasteiger partial charge in [-0.05, 0) is 36.8 Å². The summed E-state index contributed by atoms with van der Waals surface area (Å²) in [5, 5.41) is 0. The minimum Gasteiger partial charge on any atom is -0.495 e. The first kappa shape index (κ1) is 13.4. The van der Waals surface area contributed by atoms with Crippen LogP contribution in [0.5, 0.6) is 5.75 Å². The maximum atomic E-state index is 5.86. The lowest BCUT2D eigenvalue weighted by molar-refractivity contribution is 0.415. The Bertz CT molecular complexity index is 535. The van der Waals surface area contributed by atoms with Gasteiger partial charge in [0.25, 0.3) is 0 Å². The average Bonchev–Trinajstić information content (AvgIpc) is 2.46. The molecule has 1 atom stereocenters. The van der Waals surface area contributed by atoms with Gasteiger partial charge in [0.2, 0.25) is 0 Å². The monoisotopic (exact) mass is 256 g/mol. The number of nitrogens with two attached hydrogens (primary N) is 1. The van der Waals surface area contributed by atoms with E-state index in [2.05, 4.69) is 29.2 Å². The van der Waals surface area contributed by atoms with Crippen LogP contribution in [0.4, 0.5) is 11.4 Å². The van der Waals surface area contributed by atoms with Crippen molar-refractivity contribution in [2.75, 3.05) is 19.1 Å². The third kappa shape index (κ3) is 2.88. The van der Waals surface area contributed by atoms with Gasteiger partial charge in [-0.15, -0.1) is 0 Å². The van der Waals surface area contributed by atoms with Crippen LogP contribution in [0.2, 0.25) is 0 Å². The number of benzene rings is 2. The molecular weight excluding hydrogens is 236 g/mol. The topological polar surface area (TPSA) is 38.5 Å². The van der Waals surface area contributed by atoms with Crippen molar-refractivity contribution in [2.24, 2.45) is 5.73 Å². The van der Waals surface area contributed by atoms with Gasteiger partial charge in [-0.25, -0.2) is 0 Å². The van der Waals surface area contributed by atoms with E-state index in [1.165, 1.54) is 0 Å². The molecule has 0 saturated carbocycles. The van der Waals surface area contributed by atoms with E-state index in [0.29, 0.717) is 0 Å². The molecule has 100 valence electrons. The fourth-order valence-corrected chi connectivity index (χ4v) is 2.05. The van der Waals surface area contributed by atoms with E-state index in [1.807, 2.05) is 38.2 Å². The zero-order valence-electron chi connectivity index (χ0n) is 11.6. The molecule has 0 bridgehead atoms. The highest BCUT2D eigenvalue weighted by molar-refractivity contribution is 5.68. The Labute approximate surface area is 114 Å². The minimum atomic E-state index is 0.0608. The summed E-state index contributed by atoms with van der Waals surface area (Å²) in [7, 11) is 3.71. The van der Waals surface area contributed by atoms with Crippen molar-refractivity contribution >= 4 is 11.4 Å². The maximum Gasteiger partial charge on any atom is 0.142 e. The minimum absolute atomic E-state index is 0.0608. The van der Waals surface area contributed by atoms with Crippen molar-refractivity contribution in [3.63, 3.8) is 0 Å². The van der Waals surface area contributed by atoms with Gasteiger partial charge in [0, 0.05) is 18.8 Å². The van der Waals surface area contributed by atoms with E-state index in [4.69, 9.17) is 10.5 Å². The molecule has 0 saturated heterocycles. The normalized spacial score (nSPS) is 12.0. The fourth-order valence-electron chi connectivity index (χ4n) is 2.05. The largest absolute Gasteiger partial charge is 0.495 e. The van der Waals surface area contributed by atoms with Gasteiger partial charge in [-0.1, -0.05) is 24.3 Å². The van der Waals surface area contributed by atoms with Crippen LogP contribution in [0.15, 0.2) is 48.5 Å². The Hall–Kier alpha value is -2.00. The Balaban J connectivity index is 2.30. The maximum absolute atomic E-state index is 5.86. The molecule has 0 aromatic heterocycles. The van der Waals surface area contributed by atoms with Crippen LogP contribution in [0.1, 0.15) is 18.5 Å². The molecule has 2 aromatic carbocycles. The molecule has 0 heterocycles. The van der Waals surface area contributed by atoms with Crippen molar-refractivity contribution in [3.05, 3.63) is 54.1 Å². The lowest BCUT2D eigenvalue weighted by Crippen LogP contribution is -2.11. The van der Waals surface area contributed by atoms with Crippen LogP contribution in [0.3, 0.4) is 0 Å². The number of anilines is 2. The third-order valence-corrected chi connectivity index (χ3v) is 3.25. The van der Waals surface area contributed by atoms with Crippen molar-refractivity contribution in [1.29, 1.82) is 0 Å². The predicted molar refractivity (Wildman–Crippen MR) is 80.1 cm³/mol. The molecule has 2 N–H and O–H groups in total. The molecule has 0 aliphatic heterocycles. The average molecular weight is 256 g/mol. The summed E-state index contributed by atoms with van der Waals surface area (Å²) in [5.41, 5.74) is 9.15. The highest BCUT2D eigenvalue weighted by atomic mass is 16.5. The van der Waals surface area contributed by atoms with Crippen LogP contribution in [0, 0.1) is 0 Å². The summed E-state index contributed by atoms with van der Waals surface area (Å²) in [5.74, 6) is 0.862. The van der Waals surface area contributed by atoms with E-state index < -0.39 is 0 Å².